The van der Waals surface area contributed by atoms with Gasteiger partial charge in [-0.25, -0.2) is 0 Å². The number of Topliss-reactive ketones (excluding diaryl/α,β-unsaturated/α-hetero) is 2. The lowest BCUT2D eigenvalue weighted by Crippen LogP contribution is -2.63. The van der Waals surface area contributed by atoms with E-state index in [-0.39, 0.29) is 17.2 Å². The van der Waals surface area contributed by atoms with E-state index >= 15 is 0 Å². The third kappa shape index (κ3) is 1.36. The van der Waals surface area contributed by atoms with Crippen LogP contribution in [0.4, 0.5) is 0 Å². The molecule has 2 fully saturated rings. The SMILES string of the molecule is O=C1CC[C@H]2[C@@H]3NCC[C@@]2(C1)c1ccccc1C3=O. The molecular formula is C16H17NO2. The molecule has 3 atom stereocenters. The first-order valence-electron chi connectivity index (χ1n) is 7.11. The molecule has 1 N–H and O–H groups in total. The number of fused-ring (bicyclic) bond motifs is 1. The molecule has 1 aromatic rings. The fourth-order valence-corrected chi connectivity index (χ4v) is 4.52. The third-order valence-corrected chi connectivity index (χ3v) is 5.31. The van der Waals surface area contributed by atoms with E-state index in [0.717, 1.165) is 30.5 Å². The number of carbonyl (C=O) groups is 2. The zero-order chi connectivity index (χ0) is 13.0. The van der Waals surface area contributed by atoms with Gasteiger partial charge in [0.15, 0.2) is 5.78 Å². The lowest BCUT2D eigenvalue weighted by molar-refractivity contribution is -0.124. The first-order valence-corrected chi connectivity index (χ1v) is 7.11. The maximum Gasteiger partial charge on any atom is 0.180 e. The minimum Gasteiger partial charge on any atom is -0.307 e. The highest BCUT2D eigenvalue weighted by atomic mass is 16.1. The van der Waals surface area contributed by atoms with Crippen LogP contribution in [0, 0.1) is 5.92 Å². The average molecular weight is 255 g/mol. The van der Waals surface area contributed by atoms with E-state index < -0.39 is 0 Å². The van der Waals surface area contributed by atoms with E-state index in [1.54, 1.807) is 0 Å². The Bertz CT molecular complexity index is 580. The second kappa shape index (κ2) is 3.76. The van der Waals surface area contributed by atoms with Gasteiger partial charge in [-0.1, -0.05) is 24.3 Å². The van der Waals surface area contributed by atoms with Crippen molar-refractivity contribution in [3.63, 3.8) is 0 Å². The number of benzene rings is 1. The van der Waals surface area contributed by atoms with Crippen LogP contribution in [0.2, 0.25) is 0 Å². The van der Waals surface area contributed by atoms with Gasteiger partial charge in [-0.05, 0) is 30.9 Å². The maximum absolute atomic E-state index is 12.6. The minimum atomic E-state index is -0.0737. The van der Waals surface area contributed by atoms with E-state index in [0.29, 0.717) is 24.5 Å². The van der Waals surface area contributed by atoms with E-state index in [9.17, 15) is 9.59 Å². The first-order chi connectivity index (χ1) is 9.22. The fourth-order valence-electron chi connectivity index (χ4n) is 4.52. The topological polar surface area (TPSA) is 46.2 Å². The molecule has 3 aliphatic rings. The van der Waals surface area contributed by atoms with Gasteiger partial charge in [0, 0.05) is 23.8 Å². The molecule has 98 valence electrons. The van der Waals surface area contributed by atoms with Gasteiger partial charge in [0.25, 0.3) is 0 Å². The van der Waals surface area contributed by atoms with E-state index in [4.69, 9.17) is 0 Å². The van der Waals surface area contributed by atoms with Crippen molar-refractivity contribution < 1.29 is 9.59 Å². The summed E-state index contributed by atoms with van der Waals surface area (Å²) in [7, 11) is 0. The van der Waals surface area contributed by atoms with Gasteiger partial charge in [0.2, 0.25) is 0 Å². The highest BCUT2D eigenvalue weighted by Gasteiger charge is 2.56. The van der Waals surface area contributed by atoms with Crippen LogP contribution in [-0.2, 0) is 10.2 Å². The van der Waals surface area contributed by atoms with E-state index in [1.165, 1.54) is 0 Å². The van der Waals surface area contributed by atoms with Crippen molar-refractivity contribution in [2.75, 3.05) is 6.54 Å². The molecular weight excluding hydrogens is 238 g/mol. The van der Waals surface area contributed by atoms with Gasteiger partial charge in [-0.2, -0.15) is 0 Å². The van der Waals surface area contributed by atoms with Crippen LogP contribution in [0.25, 0.3) is 0 Å². The second-order valence-corrected chi connectivity index (χ2v) is 6.11. The van der Waals surface area contributed by atoms with Crippen LogP contribution in [0.3, 0.4) is 0 Å². The molecule has 3 heteroatoms. The van der Waals surface area contributed by atoms with Crippen molar-refractivity contribution in [3.05, 3.63) is 35.4 Å². The number of nitrogens with one attached hydrogen (secondary N) is 1. The number of piperidine rings is 1. The summed E-state index contributed by atoms with van der Waals surface area (Å²) in [5.41, 5.74) is 1.90. The number of ketones is 2. The summed E-state index contributed by atoms with van der Waals surface area (Å²) in [6.45, 7) is 0.842. The standard InChI is InChI=1S/C16H17NO2/c18-10-5-6-13-14-15(19)11-3-1-2-4-12(11)16(13,9-10)7-8-17-14/h1-4,13-14,17H,5-9H2/t13-,14-,16+/m0/s1. The van der Waals surface area contributed by atoms with E-state index in [2.05, 4.69) is 11.4 Å². The second-order valence-electron chi connectivity index (χ2n) is 6.11. The predicted octanol–water partition coefficient (Wildman–Crippen LogP) is 1.85. The molecule has 4 rings (SSSR count). The number of hydrogen-bond acceptors (Lipinski definition) is 3. The lowest BCUT2D eigenvalue weighted by Gasteiger charge is -2.54. The summed E-state index contributed by atoms with van der Waals surface area (Å²) < 4.78 is 0. The molecule has 19 heavy (non-hydrogen) atoms. The fraction of sp³-hybridized carbons (Fsp3) is 0.500. The van der Waals surface area contributed by atoms with E-state index in [1.807, 2.05) is 18.2 Å². The zero-order valence-corrected chi connectivity index (χ0v) is 10.8. The molecule has 1 heterocycles. The van der Waals surface area contributed by atoms with Gasteiger partial charge in [0.1, 0.15) is 5.78 Å². The predicted molar refractivity (Wildman–Crippen MR) is 71.2 cm³/mol. The van der Waals surface area contributed by atoms with Crippen LogP contribution in [0.5, 0.6) is 0 Å². The quantitative estimate of drug-likeness (QED) is 0.769. The van der Waals surface area contributed by atoms with Crippen LogP contribution >= 0.6 is 0 Å². The normalized spacial score (nSPS) is 36.6. The Morgan fingerprint density at radius 3 is 2.95 bits per heavy atom. The van der Waals surface area contributed by atoms with Gasteiger partial charge in [0.05, 0.1) is 6.04 Å². The molecule has 1 aromatic carbocycles. The molecule has 2 aliphatic carbocycles. The molecule has 0 radical (unpaired) electrons. The summed E-state index contributed by atoms with van der Waals surface area (Å²) in [4.78, 5) is 24.6. The molecule has 3 nitrogen and oxygen atoms in total. The molecule has 2 bridgehead atoms. The Balaban J connectivity index is 1.97. The summed E-state index contributed by atoms with van der Waals surface area (Å²) in [6, 6.07) is 7.85. The van der Waals surface area contributed by atoms with Crippen LogP contribution < -0.4 is 5.32 Å². The van der Waals surface area contributed by atoms with Crippen molar-refractivity contribution in [1.29, 1.82) is 0 Å². The number of carbonyl (C=O) groups excluding carboxylic acids is 2. The average Bonchev–Trinajstić information content (AvgIpc) is 2.44. The highest BCUT2D eigenvalue weighted by molar-refractivity contribution is 6.04. The maximum atomic E-state index is 12.6. The highest BCUT2D eigenvalue weighted by Crippen LogP contribution is 2.52. The molecule has 1 saturated carbocycles. The van der Waals surface area contributed by atoms with Gasteiger partial charge >= 0.3 is 0 Å². The molecule has 0 unspecified atom stereocenters. The van der Waals surface area contributed by atoms with Crippen molar-refractivity contribution in [2.24, 2.45) is 5.92 Å². The van der Waals surface area contributed by atoms with Crippen LogP contribution in [0.1, 0.15) is 41.6 Å². The van der Waals surface area contributed by atoms with Gasteiger partial charge < -0.3 is 5.32 Å². The molecule has 0 spiro atoms. The Kier molecular flexibility index (Phi) is 2.25. The lowest BCUT2D eigenvalue weighted by atomic mass is 9.52. The summed E-state index contributed by atoms with van der Waals surface area (Å²) in [5, 5.41) is 3.39. The minimum absolute atomic E-state index is 0.0725. The Labute approximate surface area is 112 Å². The number of hydrogen-bond donors (Lipinski definition) is 1. The monoisotopic (exact) mass is 255 g/mol. The first kappa shape index (κ1) is 11.4. The molecule has 0 amide bonds. The summed E-state index contributed by atoms with van der Waals surface area (Å²) in [6.07, 6.45) is 3.10. The molecule has 1 saturated heterocycles. The van der Waals surface area contributed by atoms with Gasteiger partial charge in [-0.15, -0.1) is 0 Å². The zero-order valence-electron chi connectivity index (χ0n) is 10.8. The van der Waals surface area contributed by atoms with Crippen molar-refractivity contribution in [3.8, 4) is 0 Å². The Morgan fingerprint density at radius 1 is 1.21 bits per heavy atom. The van der Waals surface area contributed by atoms with Crippen molar-refractivity contribution >= 4 is 11.6 Å². The van der Waals surface area contributed by atoms with Crippen LogP contribution in [0.15, 0.2) is 24.3 Å². The van der Waals surface area contributed by atoms with Crippen molar-refractivity contribution in [1.82, 2.24) is 5.32 Å². The molecule has 0 aromatic heterocycles. The Morgan fingerprint density at radius 2 is 2.05 bits per heavy atom. The smallest absolute Gasteiger partial charge is 0.180 e. The third-order valence-electron chi connectivity index (χ3n) is 5.31. The van der Waals surface area contributed by atoms with Gasteiger partial charge in [-0.3, -0.25) is 9.59 Å². The number of rotatable bonds is 0. The largest absolute Gasteiger partial charge is 0.307 e. The summed E-state index contributed by atoms with van der Waals surface area (Å²) >= 11 is 0. The summed E-state index contributed by atoms with van der Waals surface area (Å²) in [5.74, 6) is 0.896. The van der Waals surface area contributed by atoms with Crippen LogP contribution in [-0.4, -0.2) is 24.2 Å². The Hall–Kier alpha value is -1.48. The molecule has 1 aliphatic heterocycles. The van der Waals surface area contributed by atoms with Crippen molar-refractivity contribution in [2.45, 2.75) is 37.1 Å².